The molecule has 75 heavy (non-hydrogen) atoms. The Hall–Kier alpha value is -2.28. The van der Waals surface area contributed by atoms with Crippen LogP contribution < -0.4 is 0 Å². The van der Waals surface area contributed by atoms with Gasteiger partial charge >= 0.3 is 11.9 Å². The first-order valence-electron chi connectivity index (χ1n) is 30.1. The fourth-order valence-corrected chi connectivity index (χ4v) is 9.42. The Labute approximate surface area is 453 Å². The molecule has 2 saturated heterocycles. The first-order chi connectivity index (χ1) is 36.5. The van der Waals surface area contributed by atoms with Gasteiger partial charge in [0.05, 0.1) is 19.8 Å². The average molecular weight is 1070 g/mol. The van der Waals surface area contributed by atoms with Gasteiger partial charge in [0.2, 0.25) is 0 Å². The minimum absolute atomic E-state index is 0.150. The lowest BCUT2D eigenvalue weighted by Gasteiger charge is -2.42. The van der Waals surface area contributed by atoms with Gasteiger partial charge < -0.3 is 64.2 Å². The average Bonchev–Trinajstić information content (AvgIpc) is 3.40. The molecule has 2 aliphatic heterocycles. The summed E-state index contributed by atoms with van der Waals surface area (Å²) in [5.41, 5.74) is 0. The molecular formula is C60H108O15. The lowest BCUT2D eigenvalue weighted by molar-refractivity contribution is -0.332. The van der Waals surface area contributed by atoms with Gasteiger partial charge in [-0.25, -0.2) is 0 Å². The molecule has 0 aromatic rings. The van der Waals surface area contributed by atoms with E-state index in [2.05, 4.69) is 50.3 Å². The molecule has 0 bridgehead atoms. The first-order valence-corrected chi connectivity index (χ1v) is 30.1. The molecule has 15 heteroatoms. The van der Waals surface area contributed by atoms with Crippen LogP contribution in [0, 0.1) is 0 Å². The zero-order valence-corrected chi connectivity index (χ0v) is 46.8. The van der Waals surface area contributed by atoms with Gasteiger partial charge in [-0.3, -0.25) is 9.59 Å². The van der Waals surface area contributed by atoms with Crippen molar-refractivity contribution >= 4 is 11.9 Å². The second kappa shape index (κ2) is 46.6. The number of esters is 2. The number of hydrogen-bond acceptors (Lipinski definition) is 15. The van der Waals surface area contributed by atoms with E-state index in [4.69, 9.17) is 28.4 Å². The normalized spacial score (nSPS) is 24.7. The number of carbonyl (C=O) groups is 2. The zero-order chi connectivity index (χ0) is 54.6. The van der Waals surface area contributed by atoms with Crippen molar-refractivity contribution in [3.63, 3.8) is 0 Å². The fourth-order valence-electron chi connectivity index (χ4n) is 9.42. The summed E-state index contributed by atoms with van der Waals surface area (Å²) in [6.45, 7) is 2.59. The van der Waals surface area contributed by atoms with Crippen molar-refractivity contribution < 1.29 is 73.8 Å². The summed E-state index contributed by atoms with van der Waals surface area (Å²) in [6.07, 6.45) is 35.9. The second-order valence-corrected chi connectivity index (χ2v) is 21.2. The van der Waals surface area contributed by atoms with Crippen molar-refractivity contribution in [2.75, 3.05) is 26.4 Å². The Kier molecular flexibility index (Phi) is 42.8. The number of carbonyl (C=O) groups excluding carboxylic acids is 2. The maximum Gasteiger partial charge on any atom is 0.306 e. The van der Waals surface area contributed by atoms with Crippen LogP contribution >= 0.6 is 0 Å². The molecule has 2 heterocycles. The van der Waals surface area contributed by atoms with E-state index in [9.17, 15) is 45.3 Å². The number of ether oxygens (including phenoxy) is 6. The van der Waals surface area contributed by atoms with Crippen molar-refractivity contribution in [2.24, 2.45) is 0 Å². The van der Waals surface area contributed by atoms with Crippen molar-refractivity contribution in [1.82, 2.24) is 0 Å². The van der Waals surface area contributed by atoms with E-state index in [1.807, 2.05) is 0 Å². The highest BCUT2D eigenvalue weighted by Crippen LogP contribution is 2.27. The molecule has 2 aliphatic rings. The fraction of sp³-hybridized carbons (Fsp3) is 0.867. The third-order valence-electron chi connectivity index (χ3n) is 14.3. The molecule has 438 valence electrons. The van der Waals surface area contributed by atoms with Crippen LogP contribution in [-0.4, -0.2) is 142 Å². The van der Waals surface area contributed by atoms with Crippen LogP contribution in [-0.2, 0) is 38.0 Å². The molecule has 11 atom stereocenters. The van der Waals surface area contributed by atoms with Crippen LogP contribution in [0.2, 0.25) is 0 Å². The summed E-state index contributed by atoms with van der Waals surface area (Å²) >= 11 is 0. The molecule has 15 nitrogen and oxygen atoms in total. The van der Waals surface area contributed by atoms with E-state index in [-0.39, 0.29) is 26.1 Å². The van der Waals surface area contributed by atoms with E-state index in [1.165, 1.54) is 135 Å². The van der Waals surface area contributed by atoms with Gasteiger partial charge in [-0.05, 0) is 70.6 Å². The van der Waals surface area contributed by atoms with Gasteiger partial charge in [0.25, 0.3) is 0 Å². The predicted molar refractivity (Wildman–Crippen MR) is 294 cm³/mol. The molecule has 0 aromatic heterocycles. The van der Waals surface area contributed by atoms with E-state index in [0.29, 0.717) is 12.8 Å². The molecule has 0 saturated carbocycles. The van der Waals surface area contributed by atoms with Gasteiger partial charge in [0, 0.05) is 12.8 Å². The number of rotatable bonds is 48. The second-order valence-electron chi connectivity index (χ2n) is 21.2. The Morgan fingerprint density at radius 2 is 0.800 bits per heavy atom. The SMILES string of the molecule is CCCCCC/C=C\C/C=C\CCCCCCCC(=O)OC(COC(=O)CCCCCCCCCCCCC/C=C\CCCCCCCCCC)COC1OC(COC2OC(CO)C(O)C(O)C2O)C(O)C(O)C1O. The van der Waals surface area contributed by atoms with E-state index >= 15 is 0 Å². The maximum atomic E-state index is 13.1. The summed E-state index contributed by atoms with van der Waals surface area (Å²) in [6, 6.07) is 0. The standard InChI is InChI=1S/C60H108O15/c1-3-5-7-9-11-13-15-17-19-21-22-23-24-25-26-27-29-30-32-34-36-38-40-42-51(62)70-45-48(73-52(63)43-41-39-37-35-33-31-28-20-18-16-14-12-10-8-6-4-2)46-71-59-58(69)56(67)54(65)50(75-59)47-72-60-57(68)55(66)53(64)49(44-61)74-60/h14,16,20-22,28,48-50,53-61,64-69H,3-13,15,17-19,23-27,29-47H2,1-2H3/b16-14-,22-21-,28-20-. The lowest BCUT2D eigenvalue weighted by Crippen LogP contribution is -2.61. The lowest BCUT2D eigenvalue weighted by atomic mass is 9.98. The summed E-state index contributed by atoms with van der Waals surface area (Å²) in [5.74, 6) is -0.934. The maximum absolute atomic E-state index is 13.1. The zero-order valence-electron chi connectivity index (χ0n) is 46.8. The van der Waals surface area contributed by atoms with Crippen LogP contribution in [0.4, 0.5) is 0 Å². The molecule has 2 rings (SSSR count). The number of unbranched alkanes of at least 4 members (excludes halogenated alkanes) is 28. The molecule has 0 amide bonds. The molecule has 7 N–H and O–H groups in total. The molecule has 0 spiro atoms. The van der Waals surface area contributed by atoms with Gasteiger partial charge in [-0.15, -0.1) is 0 Å². The van der Waals surface area contributed by atoms with Crippen molar-refractivity contribution in [2.45, 2.75) is 306 Å². The summed E-state index contributed by atoms with van der Waals surface area (Å²) in [5, 5.41) is 72.3. The van der Waals surface area contributed by atoms with Crippen molar-refractivity contribution in [3.8, 4) is 0 Å². The number of aliphatic hydroxyl groups is 7. The van der Waals surface area contributed by atoms with Crippen LogP contribution in [0.15, 0.2) is 36.5 Å². The topological polar surface area (TPSA) is 231 Å². The number of allylic oxidation sites excluding steroid dienone is 6. The molecule has 0 radical (unpaired) electrons. The van der Waals surface area contributed by atoms with Gasteiger partial charge in [-0.2, -0.15) is 0 Å². The van der Waals surface area contributed by atoms with Gasteiger partial charge in [0.15, 0.2) is 18.7 Å². The molecule has 11 unspecified atom stereocenters. The van der Waals surface area contributed by atoms with E-state index in [1.54, 1.807) is 0 Å². The van der Waals surface area contributed by atoms with Crippen LogP contribution in [0.5, 0.6) is 0 Å². The quantitative estimate of drug-likeness (QED) is 0.0171. The Morgan fingerprint density at radius 1 is 0.427 bits per heavy atom. The summed E-state index contributed by atoms with van der Waals surface area (Å²) in [7, 11) is 0. The third kappa shape index (κ3) is 33.7. The number of hydrogen-bond donors (Lipinski definition) is 7. The van der Waals surface area contributed by atoms with E-state index < -0.39 is 92.7 Å². The highest BCUT2D eigenvalue weighted by atomic mass is 16.7. The van der Waals surface area contributed by atoms with Gasteiger partial charge in [-0.1, -0.05) is 192 Å². The molecular weight excluding hydrogens is 961 g/mol. The Morgan fingerprint density at radius 3 is 1.27 bits per heavy atom. The largest absolute Gasteiger partial charge is 0.462 e. The monoisotopic (exact) mass is 1070 g/mol. The summed E-state index contributed by atoms with van der Waals surface area (Å²) in [4.78, 5) is 25.9. The number of aliphatic hydroxyl groups excluding tert-OH is 7. The molecule has 0 aromatic carbocycles. The van der Waals surface area contributed by atoms with Crippen LogP contribution in [0.1, 0.15) is 239 Å². The van der Waals surface area contributed by atoms with Crippen molar-refractivity contribution in [3.05, 3.63) is 36.5 Å². The highest BCUT2D eigenvalue weighted by molar-refractivity contribution is 5.70. The molecule has 0 aliphatic carbocycles. The third-order valence-corrected chi connectivity index (χ3v) is 14.3. The summed E-state index contributed by atoms with van der Waals surface area (Å²) < 4.78 is 33.7. The Balaban J connectivity index is 1.73. The predicted octanol–water partition coefficient (Wildman–Crippen LogP) is 10.4. The minimum atomic E-state index is -1.77. The van der Waals surface area contributed by atoms with Crippen LogP contribution in [0.3, 0.4) is 0 Å². The van der Waals surface area contributed by atoms with Gasteiger partial charge in [0.1, 0.15) is 55.4 Å². The van der Waals surface area contributed by atoms with Crippen molar-refractivity contribution in [1.29, 1.82) is 0 Å². The van der Waals surface area contributed by atoms with Crippen LogP contribution in [0.25, 0.3) is 0 Å². The van der Waals surface area contributed by atoms with E-state index in [0.717, 1.165) is 64.2 Å². The Bertz CT molecular complexity index is 1440. The smallest absolute Gasteiger partial charge is 0.306 e. The highest BCUT2D eigenvalue weighted by Gasteiger charge is 2.47. The molecule has 2 fully saturated rings. The first kappa shape index (κ1) is 68.8. The minimum Gasteiger partial charge on any atom is -0.462 e.